The molecule has 20 heavy (non-hydrogen) atoms. The molecule has 0 saturated heterocycles. The average molecular weight is 277 g/mol. The van der Waals surface area contributed by atoms with Crippen molar-refractivity contribution in [1.29, 1.82) is 0 Å². The van der Waals surface area contributed by atoms with Crippen LogP contribution in [0.15, 0.2) is 18.2 Å². The maximum atomic E-state index is 2.34. The van der Waals surface area contributed by atoms with E-state index in [1.165, 1.54) is 25.7 Å². The molecular weight excluding hydrogens is 240 g/mol. The van der Waals surface area contributed by atoms with Gasteiger partial charge in [0, 0.05) is 0 Å². The Kier molecular flexibility index (Phi) is 8.85. The molecule has 1 aromatic rings. The van der Waals surface area contributed by atoms with Crippen molar-refractivity contribution in [2.75, 3.05) is 0 Å². The van der Waals surface area contributed by atoms with E-state index >= 15 is 0 Å². The van der Waals surface area contributed by atoms with E-state index in [2.05, 4.69) is 59.7 Å². The number of rotatable bonds is 5. The summed E-state index contributed by atoms with van der Waals surface area (Å²) in [7, 11) is 0. The molecule has 0 fully saturated rings. The lowest BCUT2D eigenvalue weighted by Gasteiger charge is -2.21. The maximum absolute atomic E-state index is 2.34. The van der Waals surface area contributed by atoms with Gasteiger partial charge in [-0.05, 0) is 47.3 Å². The van der Waals surface area contributed by atoms with Crippen molar-refractivity contribution < 1.29 is 0 Å². The summed E-state index contributed by atoms with van der Waals surface area (Å²) in [6, 6.07) is 6.89. The standard InChI is InChI=1S/C18H30.C2H6/c1-7-9-17-15(12-13-18(4,5)6)10-8-11-16(17)14(2)3;1-2/h8,10-11,14H,7,9,12-13H2,1-6H3;1-2H3. The molecule has 0 aliphatic rings. The molecule has 0 N–H and O–H groups in total. The molecule has 0 radical (unpaired) electrons. The van der Waals surface area contributed by atoms with Crippen molar-refractivity contribution in [3.63, 3.8) is 0 Å². The topological polar surface area (TPSA) is 0 Å². The normalized spacial score (nSPS) is 11.2. The van der Waals surface area contributed by atoms with Gasteiger partial charge < -0.3 is 0 Å². The minimum Gasteiger partial charge on any atom is -0.0683 e. The molecule has 0 saturated carbocycles. The number of hydrogen-bond donors (Lipinski definition) is 0. The lowest BCUT2D eigenvalue weighted by atomic mass is 9.84. The van der Waals surface area contributed by atoms with Crippen molar-refractivity contribution in [2.24, 2.45) is 5.41 Å². The van der Waals surface area contributed by atoms with Crippen LogP contribution in [0.2, 0.25) is 0 Å². The Labute approximate surface area is 128 Å². The van der Waals surface area contributed by atoms with Gasteiger partial charge in [-0.3, -0.25) is 0 Å². The first-order chi connectivity index (χ1) is 9.35. The van der Waals surface area contributed by atoms with Crippen LogP contribution in [-0.4, -0.2) is 0 Å². The molecule has 0 heterocycles. The van der Waals surface area contributed by atoms with Crippen molar-refractivity contribution in [3.05, 3.63) is 34.9 Å². The van der Waals surface area contributed by atoms with Crippen LogP contribution in [0.4, 0.5) is 0 Å². The van der Waals surface area contributed by atoms with Crippen LogP contribution in [0, 0.1) is 5.41 Å². The molecule has 0 atom stereocenters. The zero-order valence-electron chi connectivity index (χ0n) is 15.1. The summed E-state index contributed by atoms with van der Waals surface area (Å²) in [4.78, 5) is 0. The number of benzene rings is 1. The summed E-state index contributed by atoms with van der Waals surface area (Å²) in [5.41, 5.74) is 5.19. The molecule has 0 aliphatic heterocycles. The fourth-order valence-electron chi connectivity index (χ4n) is 2.49. The van der Waals surface area contributed by atoms with Gasteiger partial charge in [-0.2, -0.15) is 0 Å². The minimum absolute atomic E-state index is 0.428. The molecule has 1 rings (SSSR count). The fraction of sp³-hybridized carbons (Fsp3) is 0.700. The summed E-state index contributed by atoms with van der Waals surface area (Å²) < 4.78 is 0. The molecule has 0 unspecified atom stereocenters. The highest BCUT2D eigenvalue weighted by atomic mass is 14.2. The number of hydrogen-bond acceptors (Lipinski definition) is 0. The third kappa shape index (κ3) is 6.59. The summed E-state index contributed by atoms with van der Waals surface area (Å²) in [5, 5.41) is 0. The summed E-state index contributed by atoms with van der Waals surface area (Å²) >= 11 is 0. The van der Waals surface area contributed by atoms with Crippen LogP contribution in [0.3, 0.4) is 0 Å². The maximum Gasteiger partial charge on any atom is -0.0216 e. The molecule has 0 nitrogen and oxygen atoms in total. The fourth-order valence-corrected chi connectivity index (χ4v) is 2.49. The average Bonchev–Trinajstić information content (AvgIpc) is 2.39. The van der Waals surface area contributed by atoms with E-state index in [-0.39, 0.29) is 0 Å². The Balaban J connectivity index is 0.00000172. The first-order valence-electron chi connectivity index (χ1n) is 8.46. The van der Waals surface area contributed by atoms with Gasteiger partial charge in [-0.25, -0.2) is 0 Å². The van der Waals surface area contributed by atoms with Crippen LogP contribution < -0.4 is 0 Å². The Morgan fingerprint density at radius 2 is 1.60 bits per heavy atom. The highest BCUT2D eigenvalue weighted by molar-refractivity contribution is 5.37. The molecule has 0 bridgehead atoms. The predicted octanol–water partition coefficient (Wildman–Crippen LogP) is 6.77. The monoisotopic (exact) mass is 276 g/mol. The lowest BCUT2D eigenvalue weighted by molar-refractivity contribution is 0.377. The summed E-state index contributed by atoms with van der Waals surface area (Å²) in [6.07, 6.45) is 4.96. The smallest absolute Gasteiger partial charge is 0.0216 e. The quantitative estimate of drug-likeness (QED) is 0.557. The Hall–Kier alpha value is -0.780. The second-order valence-corrected chi connectivity index (χ2v) is 6.95. The minimum atomic E-state index is 0.428. The van der Waals surface area contributed by atoms with Crippen LogP contribution in [-0.2, 0) is 12.8 Å². The van der Waals surface area contributed by atoms with Crippen molar-refractivity contribution in [1.82, 2.24) is 0 Å². The summed E-state index contributed by atoms with van der Waals surface area (Å²) in [6.45, 7) is 17.9. The second kappa shape index (κ2) is 9.21. The van der Waals surface area contributed by atoms with E-state index in [9.17, 15) is 0 Å². The largest absolute Gasteiger partial charge is 0.0683 e. The summed E-state index contributed by atoms with van der Waals surface area (Å²) in [5.74, 6) is 0.640. The van der Waals surface area contributed by atoms with Crippen LogP contribution in [0.1, 0.15) is 90.8 Å². The van der Waals surface area contributed by atoms with Crippen LogP contribution in [0.25, 0.3) is 0 Å². The SMILES string of the molecule is CC.CCCc1c(CCC(C)(C)C)cccc1C(C)C. The van der Waals surface area contributed by atoms with E-state index in [0.717, 1.165) is 0 Å². The third-order valence-corrected chi connectivity index (χ3v) is 3.58. The van der Waals surface area contributed by atoms with Gasteiger partial charge in [0.05, 0.1) is 0 Å². The van der Waals surface area contributed by atoms with Crippen molar-refractivity contribution >= 4 is 0 Å². The zero-order valence-corrected chi connectivity index (χ0v) is 15.1. The van der Waals surface area contributed by atoms with Gasteiger partial charge >= 0.3 is 0 Å². The Morgan fingerprint density at radius 1 is 1.00 bits per heavy atom. The molecule has 0 aromatic heterocycles. The van der Waals surface area contributed by atoms with E-state index in [1.54, 1.807) is 16.7 Å². The molecular formula is C20H36. The van der Waals surface area contributed by atoms with Gasteiger partial charge in [0.1, 0.15) is 0 Å². The van der Waals surface area contributed by atoms with E-state index < -0.39 is 0 Å². The van der Waals surface area contributed by atoms with Gasteiger partial charge in [-0.15, -0.1) is 0 Å². The molecule has 0 aliphatic carbocycles. The molecule has 0 heteroatoms. The van der Waals surface area contributed by atoms with Crippen LogP contribution >= 0.6 is 0 Å². The third-order valence-electron chi connectivity index (χ3n) is 3.58. The van der Waals surface area contributed by atoms with Gasteiger partial charge in [0.15, 0.2) is 0 Å². The van der Waals surface area contributed by atoms with E-state index in [4.69, 9.17) is 0 Å². The van der Waals surface area contributed by atoms with Gasteiger partial charge in [0.2, 0.25) is 0 Å². The molecule has 0 amide bonds. The second-order valence-electron chi connectivity index (χ2n) is 6.95. The van der Waals surface area contributed by atoms with Gasteiger partial charge in [0.25, 0.3) is 0 Å². The number of aryl methyl sites for hydroxylation is 1. The van der Waals surface area contributed by atoms with Gasteiger partial charge in [-0.1, -0.05) is 80.0 Å². The lowest BCUT2D eigenvalue weighted by Crippen LogP contribution is -2.09. The van der Waals surface area contributed by atoms with Crippen molar-refractivity contribution in [2.45, 2.75) is 87.0 Å². The highest BCUT2D eigenvalue weighted by Crippen LogP contribution is 2.28. The van der Waals surface area contributed by atoms with E-state index in [1.807, 2.05) is 13.8 Å². The molecule has 116 valence electrons. The molecule has 0 spiro atoms. The predicted molar refractivity (Wildman–Crippen MR) is 93.7 cm³/mol. The van der Waals surface area contributed by atoms with Crippen molar-refractivity contribution in [3.8, 4) is 0 Å². The van der Waals surface area contributed by atoms with Crippen LogP contribution in [0.5, 0.6) is 0 Å². The van der Waals surface area contributed by atoms with E-state index in [0.29, 0.717) is 11.3 Å². The Bertz CT molecular complexity index is 366. The first-order valence-corrected chi connectivity index (χ1v) is 8.46. The first kappa shape index (κ1) is 19.2. The molecule has 1 aromatic carbocycles. The Morgan fingerprint density at radius 3 is 2.05 bits per heavy atom. The zero-order chi connectivity index (χ0) is 15.8. The highest BCUT2D eigenvalue weighted by Gasteiger charge is 2.14.